The summed E-state index contributed by atoms with van der Waals surface area (Å²) in [4.78, 5) is 4.88. The molecule has 7 heteroatoms. The van der Waals surface area contributed by atoms with Gasteiger partial charge in [0.25, 0.3) is 0 Å². The average molecular weight is 410 g/mol. The first-order valence-electron chi connectivity index (χ1n) is 9.90. The second-order valence-corrected chi connectivity index (χ2v) is 7.79. The van der Waals surface area contributed by atoms with Crippen molar-refractivity contribution >= 4 is 17.9 Å². The molecule has 6 nitrogen and oxygen atoms in total. The minimum atomic E-state index is 0.673. The highest BCUT2D eigenvalue weighted by molar-refractivity contribution is 7.71. The van der Waals surface area contributed by atoms with E-state index in [1.807, 2.05) is 33.5 Å². The molecule has 0 radical (unpaired) electrons. The maximum atomic E-state index is 5.69. The summed E-state index contributed by atoms with van der Waals surface area (Å²) in [5, 5.41) is 4.53. The van der Waals surface area contributed by atoms with Crippen molar-refractivity contribution in [1.29, 1.82) is 0 Å². The lowest BCUT2D eigenvalue weighted by atomic mass is 10.1. The molecule has 1 aromatic heterocycles. The summed E-state index contributed by atoms with van der Waals surface area (Å²) in [6.07, 6.45) is 1.77. The first-order chi connectivity index (χ1) is 14.1. The first-order valence-corrected chi connectivity index (χ1v) is 10.3. The van der Waals surface area contributed by atoms with Crippen molar-refractivity contribution in [2.24, 2.45) is 0 Å². The largest absolute Gasteiger partial charge is 0.495 e. The third-order valence-electron chi connectivity index (χ3n) is 5.70. The number of methoxy groups -OCH3 is 1. The molecule has 0 amide bonds. The van der Waals surface area contributed by atoms with E-state index in [4.69, 9.17) is 17.0 Å². The molecule has 2 heterocycles. The molecule has 0 atom stereocenters. The van der Waals surface area contributed by atoms with Crippen LogP contribution < -0.4 is 9.64 Å². The van der Waals surface area contributed by atoms with Gasteiger partial charge in [0.1, 0.15) is 12.1 Å². The van der Waals surface area contributed by atoms with Gasteiger partial charge in [0.2, 0.25) is 4.77 Å². The van der Waals surface area contributed by atoms with E-state index in [-0.39, 0.29) is 0 Å². The first kappa shape index (κ1) is 19.7. The lowest BCUT2D eigenvalue weighted by molar-refractivity contribution is 0.194. The standard InChI is InChI=1S/C22H27N5OS/c1-17-7-6-9-19(18(17)2)25-13-11-24(12-14-25)16-27-22(29)26(15-23-27)20-8-4-5-10-21(20)28-3/h4-10,15H,11-14,16H2,1-3H3. The van der Waals surface area contributed by atoms with Gasteiger partial charge in [-0.25, -0.2) is 4.68 Å². The summed E-state index contributed by atoms with van der Waals surface area (Å²) in [7, 11) is 1.67. The van der Waals surface area contributed by atoms with E-state index in [0.29, 0.717) is 11.4 Å². The third kappa shape index (κ3) is 3.93. The SMILES string of the molecule is COc1ccccc1-n1cnn(CN2CCN(c3cccc(C)c3C)CC2)c1=S. The van der Waals surface area contributed by atoms with Crippen LogP contribution in [0.4, 0.5) is 5.69 Å². The van der Waals surface area contributed by atoms with Crippen molar-refractivity contribution in [1.82, 2.24) is 19.2 Å². The number of hydrogen-bond acceptors (Lipinski definition) is 5. The lowest BCUT2D eigenvalue weighted by Gasteiger charge is -2.36. The van der Waals surface area contributed by atoms with E-state index in [2.05, 4.69) is 46.9 Å². The number of benzene rings is 2. The van der Waals surface area contributed by atoms with Gasteiger partial charge in [-0.15, -0.1) is 0 Å². The van der Waals surface area contributed by atoms with Crippen LogP contribution in [0.1, 0.15) is 11.1 Å². The number of aryl methyl sites for hydroxylation is 1. The van der Waals surface area contributed by atoms with Gasteiger partial charge in [-0.1, -0.05) is 24.3 Å². The smallest absolute Gasteiger partial charge is 0.203 e. The van der Waals surface area contributed by atoms with Crippen molar-refractivity contribution in [3.63, 3.8) is 0 Å². The number of hydrogen-bond donors (Lipinski definition) is 0. The molecule has 1 fully saturated rings. The summed E-state index contributed by atoms with van der Waals surface area (Å²) in [5.74, 6) is 0.783. The van der Waals surface area contributed by atoms with Gasteiger partial charge in [0.05, 0.1) is 19.5 Å². The van der Waals surface area contributed by atoms with Crippen molar-refractivity contribution in [3.8, 4) is 11.4 Å². The molecule has 29 heavy (non-hydrogen) atoms. The highest BCUT2D eigenvalue weighted by Gasteiger charge is 2.20. The van der Waals surface area contributed by atoms with Crippen LogP contribution in [0.15, 0.2) is 48.8 Å². The Morgan fingerprint density at radius 2 is 1.69 bits per heavy atom. The molecule has 2 aromatic carbocycles. The quantitative estimate of drug-likeness (QED) is 0.599. The topological polar surface area (TPSA) is 38.5 Å². The fraction of sp³-hybridized carbons (Fsp3) is 0.364. The van der Waals surface area contributed by atoms with Gasteiger partial charge in [-0.3, -0.25) is 9.47 Å². The predicted molar refractivity (Wildman–Crippen MR) is 119 cm³/mol. The molecule has 3 aromatic rings. The van der Waals surface area contributed by atoms with E-state index in [1.165, 1.54) is 16.8 Å². The summed E-state index contributed by atoms with van der Waals surface area (Å²) in [5.41, 5.74) is 4.98. The summed E-state index contributed by atoms with van der Waals surface area (Å²) < 4.78 is 9.93. The zero-order valence-electron chi connectivity index (χ0n) is 17.2. The molecule has 0 aliphatic carbocycles. The Bertz CT molecular complexity index is 1050. The molecular formula is C22H27N5OS. The predicted octanol–water partition coefficient (Wildman–Crippen LogP) is 3.81. The Kier molecular flexibility index (Phi) is 5.69. The lowest BCUT2D eigenvalue weighted by Crippen LogP contribution is -2.47. The van der Waals surface area contributed by atoms with E-state index in [9.17, 15) is 0 Å². The molecule has 1 saturated heterocycles. The number of para-hydroxylation sites is 2. The van der Waals surface area contributed by atoms with Gasteiger partial charge in [-0.05, 0) is 55.4 Å². The molecule has 152 valence electrons. The zero-order chi connectivity index (χ0) is 20.4. The van der Waals surface area contributed by atoms with Crippen molar-refractivity contribution in [3.05, 3.63) is 64.7 Å². The van der Waals surface area contributed by atoms with Crippen LogP contribution in [0.2, 0.25) is 0 Å². The number of piperazine rings is 1. The van der Waals surface area contributed by atoms with Crippen LogP contribution in [0.25, 0.3) is 5.69 Å². The number of ether oxygens (including phenoxy) is 1. The van der Waals surface area contributed by atoms with Crippen LogP contribution in [0.5, 0.6) is 5.75 Å². The Labute approximate surface area is 176 Å². The Hall–Kier alpha value is -2.64. The maximum Gasteiger partial charge on any atom is 0.203 e. The fourth-order valence-corrected chi connectivity index (χ4v) is 4.08. The summed E-state index contributed by atoms with van der Waals surface area (Å²) >= 11 is 5.69. The number of aromatic nitrogens is 3. The van der Waals surface area contributed by atoms with Gasteiger partial charge in [-0.2, -0.15) is 5.10 Å². The molecule has 1 aliphatic rings. The second kappa shape index (κ2) is 8.39. The molecule has 0 unspecified atom stereocenters. The summed E-state index contributed by atoms with van der Waals surface area (Å²) in [6.45, 7) is 9.06. The van der Waals surface area contributed by atoms with Gasteiger partial charge in [0.15, 0.2) is 0 Å². The van der Waals surface area contributed by atoms with E-state index in [0.717, 1.165) is 37.6 Å². The van der Waals surface area contributed by atoms with Crippen molar-refractivity contribution in [2.75, 3.05) is 38.2 Å². The van der Waals surface area contributed by atoms with Gasteiger partial charge < -0.3 is 9.64 Å². The molecule has 0 bridgehead atoms. The van der Waals surface area contributed by atoms with Crippen molar-refractivity contribution in [2.45, 2.75) is 20.5 Å². The molecule has 0 spiro atoms. The fourth-order valence-electron chi connectivity index (χ4n) is 3.83. The minimum absolute atomic E-state index is 0.673. The Morgan fingerprint density at radius 1 is 0.966 bits per heavy atom. The van der Waals surface area contributed by atoms with Gasteiger partial charge >= 0.3 is 0 Å². The highest BCUT2D eigenvalue weighted by atomic mass is 32.1. The van der Waals surface area contributed by atoms with Crippen molar-refractivity contribution < 1.29 is 4.74 Å². The molecule has 0 N–H and O–H groups in total. The normalized spacial score (nSPS) is 14.9. The van der Waals surface area contributed by atoms with E-state index in [1.54, 1.807) is 13.4 Å². The van der Waals surface area contributed by atoms with Crippen LogP contribution in [-0.4, -0.2) is 52.5 Å². The van der Waals surface area contributed by atoms with E-state index >= 15 is 0 Å². The van der Waals surface area contributed by atoms with Crippen LogP contribution in [-0.2, 0) is 6.67 Å². The van der Waals surface area contributed by atoms with Gasteiger partial charge in [0, 0.05) is 31.9 Å². The monoisotopic (exact) mass is 409 g/mol. The van der Waals surface area contributed by atoms with Crippen LogP contribution >= 0.6 is 12.2 Å². The molecule has 4 rings (SSSR count). The maximum absolute atomic E-state index is 5.69. The Balaban J connectivity index is 1.45. The van der Waals surface area contributed by atoms with E-state index < -0.39 is 0 Å². The molecule has 0 saturated carbocycles. The molecule has 1 aliphatic heterocycles. The Morgan fingerprint density at radius 3 is 2.45 bits per heavy atom. The number of nitrogens with zero attached hydrogens (tertiary/aromatic N) is 5. The average Bonchev–Trinajstić information content (AvgIpc) is 3.10. The minimum Gasteiger partial charge on any atom is -0.495 e. The second-order valence-electron chi connectivity index (χ2n) is 7.42. The number of rotatable bonds is 5. The number of anilines is 1. The van der Waals surface area contributed by atoms with Crippen LogP contribution in [0, 0.1) is 18.6 Å². The van der Waals surface area contributed by atoms with Crippen LogP contribution in [0.3, 0.4) is 0 Å². The molecular weight excluding hydrogens is 382 g/mol. The summed E-state index contributed by atoms with van der Waals surface area (Å²) in [6, 6.07) is 14.4. The third-order valence-corrected chi connectivity index (χ3v) is 6.11. The highest BCUT2D eigenvalue weighted by Crippen LogP contribution is 2.24. The zero-order valence-corrected chi connectivity index (χ0v) is 18.0.